The van der Waals surface area contributed by atoms with Gasteiger partial charge in [-0.15, -0.1) is 0 Å². The van der Waals surface area contributed by atoms with E-state index in [-0.39, 0.29) is 0 Å². The second-order valence-electron chi connectivity index (χ2n) is 6.40. The molecule has 0 amide bonds. The third-order valence-electron chi connectivity index (χ3n) is 4.18. The maximum atomic E-state index is 10.2. The van der Waals surface area contributed by atoms with E-state index < -0.39 is 5.97 Å². The highest BCUT2D eigenvalue weighted by atomic mass is 16.4. The molecule has 3 N–H and O–H groups in total. The number of aryl methyl sites for hydroxylation is 1. The molecule has 0 atom stereocenters. The Morgan fingerprint density at radius 1 is 1.12 bits per heavy atom. The molecule has 0 fully saturated rings. The van der Waals surface area contributed by atoms with Gasteiger partial charge in [0.1, 0.15) is 6.07 Å². The third kappa shape index (κ3) is 4.20. The molecule has 0 unspecified atom stereocenters. The van der Waals surface area contributed by atoms with Crippen molar-refractivity contribution in [3.8, 4) is 17.2 Å². The van der Waals surface area contributed by atoms with E-state index >= 15 is 0 Å². The summed E-state index contributed by atoms with van der Waals surface area (Å²) in [6.07, 6.45) is 0. The number of nitrogen functional groups attached to an aromatic ring is 1. The van der Waals surface area contributed by atoms with Crippen LogP contribution in [0.3, 0.4) is 0 Å². The highest BCUT2D eigenvalue weighted by molar-refractivity contribution is 5.87. The molecule has 0 saturated heterocycles. The molecule has 1 aromatic carbocycles. The minimum atomic E-state index is -0.879. The van der Waals surface area contributed by atoms with E-state index in [1.54, 1.807) is 30.3 Å². The number of carboxylic acids is 1. The van der Waals surface area contributed by atoms with Crippen molar-refractivity contribution in [3.63, 3.8) is 0 Å². The molecule has 3 rings (SSSR count). The Morgan fingerprint density at radius 2 is 1.77 bits per heavy atom. The van der Waals surface area contributed by atoms with Gasteiger partial charge in [-0.1, -0.05) is 50.2 Å². The molecule has 0 heterocycles. The van der Waals surface area contributed by atoms with Gasteiger partial charge in [-0.05, 0) is 47.7 Å². The molecule has 4 heteroatoms. The van der Waals surface area contributed by atoms with Crippen molar-refractivity contribution >= 4 is 11.7 Å². The van der Waals surface area contributed by atoms with Crippen molar-refractivity contribution < 1.29 is 9.90 Å². The fourth-order valence-electron chi connectivity index (χ4n) is 2.73. The summed E-state index contributed by atoms with van der Waals surface area (Å²) in [5.41, 5.74) is 11.8. The quantitative estimate of drug-likeness (QED) is 0.679. The number of carbonyl (C=O) groups is 1. The average molecular weight is 346 g/mol. The lowest BCUT2D eigenvalue weighted by Gasteiger charge is -2.01. The number of aromatic carboxylic acids is 1. The molecular weight excluding hydrogens is 324 g/mol. The van der Waals surface area contributed by atoms with Crippen molar-refractivity contribution in [2.45, 2.75) is 26.7 Å². The van der Waals surface area contributed by atoms with E-state index in [2.05, 4.69) is 38.1 Å². The van der Waals surface area contributed by atoms with Gasteiger partial charge in [0.25, 0.3) is 0 Å². The highest BCUT2D eigenvalue weighted by Crippen LogP contribution is 2.36. The van der Waals surface area contributed by atoms with Gasteiger partial charge in [-0.2, -0.15) is 5.26 Å². The minimum absolute atomic E-state index is 0.331. The molecule has 0 saturated carbocycles. The summed E-state index contributed by atoms with van der Waals surface area (Å²) < 4.78 is 0. The van der Waals surface area contributed by atoms with Gasteiger partial charge in [0.05, 0.1) is 16.8 Å². The van der Waals surface area contributed by atoms with Crippen LogP contribution in [0.2, 0.25) is 0 Å². The minimum Gasteiger partial charge on any atom is -0.478 e. The van der Waals surface area contributed by atoms with Crippen LogP contribution in [0.5, 0.6) is 0 Å². The van der Waals surface area contributed by atoms with Gasteiger partial charge in [0.2, 0.25) is 0 Å². The molecule has 26 heavy (non-hydrogen) atoms. The molecular formula is C22H22N2O2. The number of carboxylic acid groups (broad SMARTS) is 1. The SMILES string of the molecule is Cc1ccc(C(C)C)cc2cc(N)c(C#N)c1-2.O=C(O)c1ccccc1. The van der Waals surface area contributed by atoms with Crippen molar-refractivity contribution in [1.82, 2.24) is 0 Å². The van der Waals surface area contributed by atoms with Crippen molar-refractivity contribution in [1.29, 1.82) is 5.26 Å². The van der Waals surface area contributed by atoms with Gasteiger partial charge in [0, 0.05) is 5.56 Å². The fourth-order valence-corrected chi connectivity index (χ4v) is 2.73. The Kier molecular flexibility index (Phi) is 5.98. The topological polar surface area (TPSA) is 87.1 Å². The number of fused-ring (bicyclic) bond motifs is 1. The molecule has 1 aromatic rings. The van der Waals surface area contributed by atoms with E-state index in [1.807, 2.05) is 13.0 Å². The zero-order valence-corrected chi connectivity index (χ0v) is 15.2. The molecule has 0 aromatic heterocycles. The first kappa shape index (κ1) is 19.0. The molecule has 2 aliphatic carbocycles. The van der Waals surface area contributed by atoms with Crippen LogP contribution in [0.4, 0.5) is 5.69 Å². The molecule has 0 aliphatic heterocycles. The van der Waals surface area contributed by atoms with Gasteiger partial charge >= 0.3 is 5.97 Å². The molecule has 0 bridgehead atoms. The largest absolute Gasteiger partial charge is 0.478 e. The number of rotatable bonds is 2. The van der Waals surface area contributed by atoms with Crippen LogP contribution < -0.4 is 5.73 Å². The predicted molar refractivity (Wildman–Crippen MR) is 104 cm³/mol. The number of nitriles is 1. The highest BCUT2D eigenvalue weighted by Gasteiger charge is 2.16. The lowest BCUT2D eigenvalue weighted by atomic mass is 10.0. The summed E-state index contributed by atoms with van der Waals surface area (Å²) >= 11 is 0. The number of benzene rings is 1. The Morgan fingerprint density at radius 3 is 2.27 bits per heavy atom. The van der Waals surface area contributed by atoms with Crippen LogP contribution in [0.25, 0.3) is 11.1 Å². The van der Waals surface area contributed by atoms with Crippen LogP contribution in [0, 0.1) is 18.3 Å². The summed E-state index contributed by atoms with van der Waals surface area (Å²) in [7, 11) is 0. The van der Waals surface area contributed by atoms with Crippen LogP contribution >= 0.6 is 0 Å². The number of nitrogens with two attached hydrogens (primary N) is 1. The van der Waals surface area contributed by atoms with Crippen LogP contribution in [-0.4, -0.2) is 11.1 Å². The molecule has 2 aliphatic rings. The van der Waals surface area contributed by atoms with Crippen molar-refractivity contribution in [2.24, 2.45) is 0 Å². The summed E-state index contributed by atoms with van der Waals surface area (Å²) in [5, 5.41) is 17.5. The molecule has 4 nitrogen and oxygen atoms in total. The average Bonchev–Trinajstić information content (AvgIpc) is 2.85. The number of hydrogen-bond donors (Lipinski definition) is 2. The first-order valence-electron chi connectivity index (χ1n) is 8.36. The Balaban J connectivity index is 0.000000228. The van der Waals surface area contributed by atoms with Crippen molar-refractivity contribution in [2.75, 3.05) is 5.73 Å². The lowest BCUT2D eigenvalue weighted by Crippen LogP contribution is -1.93. The standard InChI is InChI=1S/C15H16N2.C7H6O2/c1-9(2)11-5-4-10(3)15-12(6-11)7-14(17)13(15)8-16;8-7(9)6-4-2-1-3-5-6/h4-7,9H,17H2,1-3H3;1-5H,(H,8,9). The maximum absolute atomic E-state index is 10.2. The summed E-state index contributed by atoms with van der Waals surface area (Å²) in [6, 6.07) is 18.7. The summed E-state index contributed by atoms with van der Waals surface area (Å²) in [5.74, 6) is -0.415. The summed E-state index contributed by atoms with van der Waals surface area (Å²) in [6.45, 7) is 6.34. The zero-order chi connectivity index (χ0) is 19.3. The second kappa shape index (κ2) is 8.17. The second-order valence-corrected chi connectivity index (χ2v) is 6.40. The van der Waals surface area contributed by atoms with Crippen molar-refractivity contribution in [3.05, 3.63) is 76.9 Å². The monoisotopic (exact) mass is 346 g/mol. The number of nitrogens with zero attached hydrogens (tertiary/aromatic N) is 1. The number of hydrogen-bond acceptors (Lipinski definition) is 3. The van der Waals surface area contributed by atoms with Gasteiger partial charge in [-0.25, -0.2) is 4.79 Å². The van der Waals surface area contributed by atoms with Gasteiger partial charge < -0.3 is 10.8 Å². The van der Waals surface area contributed by atoms with Crippen LogP contribution in [-0.2, 0) is 0 Å². The van der Waals surface area contributed by atoms with E-state index in [4.69, 9.17) is 16.1 Å². The van der Waals surface area contributed by atoms with E-state index in [0.29, 0.717) is 22.7 Å². The Labute approximate surface area is 153 Å². The molecule has 0 radical (unpaired) electrons. The van der Waals surface area contributed by atoms with Crippen LogP contribution in [0.15, 0.2) is 54.6 Å². The van der Waals surface area contributed by atoms with E-state index in [1.165, 1.54) is 5.56 Å². The Bertz CT molecular complexity index is 925. The zero-order valence-electron chi connectivity index (χ0n) is 15.2. The predicted octanol–water partition coefficient (Wildman–Crippen LogP) is 5.06. The van der Waals surface area contributed by atoms with Gasteiger partial charge in [0.15, 0.2) is 0 Å². The first-order chi connectivity index (χ1) is 12.3. The molecule has 132 valence electrons. The smallest absolute Gasteiger partial charge is 0.335 e. The number of anilines is 1. The fraction of sp³-hybridized carbons (Fsp3) is 0.182. The lowest BCUT2D eigenvalue weighted by molar-refractivity contribution is 0.0697. The van der Waals surface area contributed by atoms with Crippen LogP contribution in [0.1, 0.15) is 46.8 Å². The molecule has 0 spiro atoms. The van der Waals surface area contributed by atoms with E-state index in [0.717, 1.165) is 16.7 Å². The normalized spacial score (nSPS) is 10.1. The third-order valence-corrected chi connectivity index (χ3v) is 4.18. The summed E-state index contributed by atoms with van der Waals surface area (Å²) in [4.78, 5) is 10.2. The Hall–Kier alpha value is -3.32. The first-order valence-corrected chi connectivity index (χ1v) is 8.36. The van der Waals surface area contributed by atoms with E-state index in [9.17, 15) is 4.79 Å². The van der Waals surface area contributed by atoms with Gasteiger partial charge in [-0.3, -0.25) is 0 Å². The maximum Gasteiger partial charge on any atom is 0.335 e.